The predicted molar refractivity (Wildman–Crippen MR) is 210 cm³/mol. The number of hydrogen-bond acceptors (Lipinski definition) is 6. The van der Waals surface area contributed by atoms with Crippen molar-refractivity contribution < 1.29 is 26.0 Å². The molecule has 0 amide bonds. The van der Waals surface area contributed by atoms with Gasteiger partial charge in [-0.3, -0.25) is 9.13 Å². The highest BCUT2D eigenvalue weighted by Crippen LogP contribution is 2.74. The minimum Gasteiger partial charge on any atom is -0.351 e. The topological polar surface area (TPSA) is 71.1 Å². The maximum atomic E-state index is 14.9. The predicted octanol–water partition coefficient (Wildman–Crippen LogP) is 13.9. The first-order chi connectivity index (χ1) is 20.2. The second kappa shape index (κ2) is 19.5. The lowest BCUT2D eigenvalue weighted by Crippen LogP contribution is -2.37. The summed E-state index contributed by atoms with van der Waals surface area (Å²) >= 11 is 0. The van der Waals surface area contributed by atoms with Crippen LogP contribution in [0.4, 0.5) is 0 Å². The SMILES string of the molecule is CC(C)=CCC/C(C)=C/CC/C(C)=C/CCCCCCC(P(=O)(O[Si](C)(C)C)O[Si](C)(C)C)P(=O)(O[Si](C)(C)C)O[Si](C)(C)C. The van der Waals surface area contributed by atoms with Crippen LogP contribution in [0.15, 0.2) is 34.9 Å². The Morgan fingerprint density at radius 3 is 1.20 bits per heavy atom. The van der Waals surface area contributed by atoms with E-state index in [2.05, 4.69) is 45.9 Å². The van der Waals surface area contributed by atoms with Crippen molar-refractivity contribution in [1.82, 2.24) is 0 Å². The van der Waals surface area contributed by atoms with Gasteiger partial charge in [0, 0.05) is 0 Å². The summed E-state index contributed by atoms with van der Waals surface area (Å²) in [7, 11) is -17.0. The van der Waals surface area contributed by atoms with Gasteiger partial charge < -0.3 is 16.9 Å². The summed E-state index contributed by atoms with van der Waals surface area (Å²) in [5.74, 6) is 0. The average Bonchev–Trinajstić information content (AvgIpc) is 2.75. The molecule has 6 nitrogen and oxygen atoms in total. The zero-order valence-electron chi connectivity index (χ0n) is 32.2. The second-order valence-electron chi connectivity index (χ2n) is 16.8. The number of rotatable bonds is 23. The van der Waals surface area contributed by atoms with Crippen LogP contribution in [-0.4, -0.2) is 38.7 Å². The van der Waals surface area contributed by atoms with Gasteiger partial charge in [0.05, 0.1) is 0 Å². The number of allylic oxidation sites excluding steroid dienone is 6. The second-order valence-corrected chi connectivity index (χ2v) is 40.5. The standard InChI is InChI=1S/C33H72O6P2Si4/c1-30(2)24-22-26-32(4)28-23-27-31(3)25-20-18-17-19-21-29-33(40(34,36-42(5,6)7)37-43(8,9)10)41(35,38-44(11,12)13)39-45(14,15)16/h24-25,28,33H,17-23,26-27,29H2,1-16H3/b31-25+,32-28+. The van der Waals surface area contributed by atoms with Crippen LogP contribution < -0.4 is 0 Å². The van der Waals surface area contributed by atoms with Crippen molar-refractivity contribution in [3.05, 3.63) is 34.9 Å². The molecule has 0 saturated heterocycles. The van der Waals surface area contributed by atoms with Crippen molar-refractivity contribution in [1.29, 1.82) is 0 Å². The molecule has 0 unspecified atom stereocenters. The van der Waals surface area contributed by atoms with Crippen LogP contribution in [0.3, 0.4) is 0 Å². The van der Waals surface area contributed by atoms with E-state index in [1.807, 2.05) is 78.6 Å². The van der Waals surface area contributed by atoms with Crippen LogP contribution in [0.1, 0.15) is 91.9 Å². The van der Waals surface area contributed by atoms with E-state index >= 15 is 0 Å². The highest BCUT2D eigenvalue weighted by atomic mass is 31.2. The van der Waals surface area contributed by atoms with Gasteiger partial charge in [-0.1, -0.05) is 54.2 Å². The fourth-order valence-corrected chi connectivity index (χ4v) is 24.0. The van der Waals surface area contributed by atoms with Gasteiger partial charge in [-0.2, -0.15) is 0 Å². The molecule has 0 atom stereocenters. The van der Waals surface area contributed by atoms with E-state index < -0.39 is 53.9 Å². The molecule has 0 aromatic carbocycles. The molecule has 45 heavy (non-hydrogen) atoms. The molecule has 0 aromatic heterocycles. The molecule has 0 aliphatic carbocycles. The third-order valence-electron chi connectivity index (χ3n) is 6.37. The highest BCUT2D eigenvalue weighted by molar-refractivity contribution is 7.75. The van der Waals surface area contributed by atoms with Crippen molar-refractivity contribution in [2.45, 2.75) is 176 Å². The van der Waals surface area contributed by atoms with E-state index in [0.717, 1.165) is 57.8 Å². The van der Waals surface area contributed by atoms with Crippen LogP contribution in [0.2, 0.25) is 78.6 Å². The molecule has 0 fully saturated rings. The summed E-state index contributed by atoms with van der Waals surface area (Å²) in [6, 6.07) is 0. The maximum absolute atomic E-state index is 14.9. The van der Waals surface area contributed by atoms with Crippen LogP contribution >= 0.6 is 15.2 Å². The largest absolute Gasteiger partial charge is 0.351 e. The minimum atomic E-state index is -3.83. The molecule has 0 bridgehead atoms. The van der Waals surface area contributed by atoms with Gasteiger partial charge in [-0.05, 0) is 151 Å². The lowest BCUT2D eigenvalue weighted by molar-refractivity contribution is 0.345. The normalized spacial score (nSPS) is 14.8. The Morgan fingerprint density at radius 1 is 0.511 bits per heavy atom. The third kappa shape index (κ3) is 23.4. The molecule has 266 valence electrons. The molecule has 12 heteroatoms. The molecule has 0 spiro atoms. The Balaban J connectivity index is 5.64. The van der Waals surface area contributed by atoms with Crippen LogP contribution in [0.25, 0.3) is 0 Å². The number of unbranched alkanes of at least 4 members (excludes halogenated alkanes) is 4. The molecular weight excluding hydrogens is 667 g/mol. The Labute approximate surface area is 284 Å². The first kappa shape index (κ1) is 45.4. The van der Waals surface area contributed by atoms with E-state index in [1.54, 1.807) is 0 Å². The molecular formula is C33H72O6P2Si4. The molecule has 0 heterocycles. The highest BCUT2D eigenvalue weighted by Gasteiger charge is 2.55. The van der Waals surface area contributed by atoms with Gasteiger partial charge in [0.1, 0.15) is 0 Å². The van der Waals surface area contributed by atoms with Gasteiger partial charge in [0.25, 0.3) is 0 Å². The van der Waals surface area contributed by atoms with Crippen molar-refractivity contribution in [3.63, 3.8) is 0 Å². The first-order valence-corrected chi connectivity index (χ1v) is 34.0. The van der Waals surface area contributed by atoms with E-state index in [4.69, 9.17) is 16.9 Å². The molecule has 0 aromatic rings. The Hall–Kier alpha value is 0.388. The summed E-state index contributed by atoms with van der Waals surface area (Å²) in [6.45, 7) is 32.9. The molecule has 0 aliphatic heterocycles. The van der Waals surface area contributed by atoms with Crippen molar-refractivity contribution in [2.24, 2.45) is 0 Å². The molecule has 0 rings (SSSR count). The van der Waals surface area contributed by atoms with Crippen molar-refractivity contribution >= 4 is 48.5 Å². The summed E-state index contributed by atoms with van der Waals surface area (Å²) in [6.07, 6.45) is 16.9. The third-order valence-corrected chi connectivity index (χ3v) is 22.9. The van der Waals surface area contributed by atoms with Gasteiger partial charge in [0.2, 0.25) is 0 Å². The molecule has 0 N–H and O–H groups in total. The molecule has 0 saturated carbocycles. The Bertz CT molecular complexity index is 983. The monoisotopic (exact) mass is 738 g/mol. The Morgan fingerprint density at radius 2 is 0.844 bits per heavy atom. The quantitative estimate of drug-likeness (QED) is 0.0450. The summed E-state index contributed by atoms with van der Waals surface area (Å²) < 4.78 is 55.6. The fourth-order valence-electron chi connectivity index (χ4n) is 4.81. The van der Waals surface area contributed by atoms with Gasteiger partial charge in [-0.15, -0.1) is 0 Å². The summed E-state index contributed by atoms with van der Waals surface area (Å²) in [4.78, 5) is 0. The van der Waals surface area contributed by atoms with E-state index in [9.17, 15) is 9.13 Å². The minimum absolute atomic E-state index is 0.437. The zero-order valence-corrected chi connectivity index (χ0v) is 38.0. The Kier molecular flexibility index (Phi) is 19.7. The van der Waals surface area contributed by atoms with Crippen LogP contribution in [-0.2, 0) is 26.0 Å². The molecule has 0 radical (unpaired) electrons. The molecule has 0 aliphatic rings. The lowest BCUT2D eigenvalue weighted by Gasteiger charge is -2.41. The number of hydrogen-bond donors (Lipinski definition) is 0. The maximum Gasteiger partial charge on any atom is 0.326 e. The summed E-state index contributed by atoms with van der Waals surface area (Å²) in [5.41, 5.74) is 4.31. The smallest absolute Gasteiger partial charge is 0.326 e. The van der Waals surface area contributed by atoms with Crippen LogP contribution in [0, 0.1) is 0 Å². The van der Waals surface area contributed by atoms with E-state index in [0.29, 0.717) is 6.42 Å². The van der Waals surface area contributed by atoms with Gasteiger partial charge in [0.15, 0.2) is 38.7 Å². The van der Waals surface area contributed by atoms with E-state index in [1.165, 1.54) is 16.7 Å². The van der Waals surface area contributed by atoms with Crippen molar-refractivity contribution in [3.8, 4) is 0 Å². The summed E-state index contributed by atoms with van der Waals surface area (Å²) in [5, 5.41) is -0.914. The first-order valence-electron chi connectivity index (χ1n) is 17.1. The van der Waals surface area contributed by atoms with E-state index in [-0.39, 0.29) is 0 Å². The lowest BCUT2D eigenvalue weighted by atomic mass is 10.0. The van der Waals surface area contributed by atoms with Crippen molar-refractivity contribution in [2.75, 3.05) is 0 Å². The zero-order chi connectivity index (χ0) is 35.3. The fraction of sp³-hybridized carbons (Fsp3) is 0.818. The van der Waals surface area contributed by atoms with Gasteiger partial charge in [-0.25, -0.2) is 0 Å². The van der Waals surface area contributed by atoms with Crippen LogP contribution in [0.5, 0.6) is 0 Å². The van der Waals surface area contributed by atoms with Gasteiger partial charge >= 0.3 is 15.2 Å². The average molecular weight is 739 g/mol.